The Labute approximate surface area is 199 Å². The highest BCUT2D eigenvalue weighted by atomic mass is 35.5. The van der Waals surface area contributed by atoms with Crippen LogP contribution in [0.2, 0.25) is 10.0 Å². The van der Waals surface area contributed by atoms with E-state index in [1.807, 2.05) is 0 Å². The zero-order chi connectivity index (χ0) is 24.0. The molecule has 2 aromatic carbocycles. The Morgan fingerprint density at radius 2 is 1.79 bits per heavy atom. The summed E-state index contributed by atoms with van der Waals surface area (Å²) in [6.45, 7) is -0.556. The van der Waals surface area contributed by atoms with Gasteiger partial charge in [-0.05, 0) is 55.2 Å². The van der Waals surface area contributed by atoms with Gasteiger partial charge in [0.15, 0.2) is 5.75 Å². The first-order valence-electron chi connectivity index (χ1n) is 10.1. The molecule has 1 fully saturated rings. The average molecular weight is 497 g/mol. The van der Waals surface area contributed by atoms with E-state index in [9.17, 15) is 19.5 Å². The van der Waals surface area contributed by atoms with E-state index in [0.717, 1.165) is 19.3 Å². The molecule has 0 spiro atoms. The van der Waals surface area contributed by atoms with E-state index in [1.54, 1.807) is 12.1 Å². The fraction of sp³-hybridized carbons (Fsp3) is 0.318. The van der Waals surface area contributed by atoms with Crippen molar-refractivity contribution in [3.05, 3.63) is 51.5 Å². The van der Waals surface area contributed by atoms with Crippen molar-refractivity contribution in [3.8, 4) is 17.2 Å². The van der Waals surface area contributed by atoms with E-state index in [1.165, 1.54) is 18.2 Å². The third kappa shape index (κ3) is 6.90. The van der Waals surface area contributed by atoms with Crippen LogP contribution < -0.4 is 15.4 Å². The summed E-state index contributed by atoms with van der Waals surface area (Å²) in [6, 6.07) is 7.55. The monoisotopic (exact) mass is 496 g/mol. The lowest BCUT2D eigenvalue weighted by Gasteiger charge is -2.26. The number of nitrogens with one attached hydrogen (secondary N) is 2. The number of benzene rings is 2. The van der Waals surface area contributed by atoms with Crippen LogP contribution in [-0.2, 0) is 16.0 Å². The molecular weight excluding hydrogens is 475 g/mol. The number of carboxylic acid groups (broad SMARTS) is 1. The third-order valence-corrected chi connectivity index (χ3v) is 5.50. The topological polar surface area (TPSA) is 134 Å². The van der Waals surface area contributed by atoms with Crippen LogP contribution in [0.25, 0.3) is 0 Å². The van der Waals surface area contributed by atoms with Gasteiger partial charge in [-0.25, -0.2) is 4.79 Å². The van der Waals surface area contributed by atoms with Gasteiger partial charge in [0.25, 0.3) is 5.91 Å². The minimum atomic E-state index is -1.18. The molecule has 0 unspecified atom stereocenters. The van der Waals surface area contributed by atoms with Gasteiger partial charge in [0, 0.05) is 12.5 Å². The van der Waals surface area contributed by atoms with E-state index in [-0.39, 0.29) is 57.8 Å². The van der Waals surface area contributed by atoms with Crippen LogP contribution in [0.4, 0.5) is 4.79 Å². The Hall–Kier alpha value is -3.17. The van der Waals surface area contributed by atoms with Gasteiger partial charge >= 0.3 is 12.1 Å². The van der Waals surface area contributed by atoms with Crippen molar-refractivity contribution in [1.29, 1.82) is 0 Å². The molecule has 0 saturated heterocycles. The number of amides is 2. The molecule has 1 saturated carbocycles. The van der Waals surface area contributed by atoms with Gasteiger partial charge in [0.2, 0.25) is 0 Å². The van der Waals surface area contributed by atoms with Crippen molar-refractivity contribution in [2.45, 2.75) is 31.7 Å². The lowest BCUT2D eigenvalue weighted by atomic mass is 9.93. The molecule has 3 rings (SSSR count). The van der Waals surface area contributed by atoms with Gasteiger partial charge in [0.05, 0.1) is 22.2 Å². The van der Waals surface area contributed by atoms with Crippen LogP contribution in [-0.4, -0.2) is 47.4 Å². The number of aliphatic carboxylic acids is 1. The summed E-state index contributed by atoms with van der Waals surface area (Å²) in [5.41, 5.74) is 0.747. The fourth-order valence-corrected chi connectivity index (χ4v) is 3.62. The Morgan fingerprint density at radius 1 is 1.09 bits per heavy atom. The zero-order valence-electron chi connectivity index (χ0n) is 17.4. The number of alkyl carbamates (subject to hydrolysis) is 1. The standard InChI is InChI=1S/C22H22Cl2N2O7/c23-16-8-12(6-7-32-22(31)25-11-19(28)29)9-17(24)20(16)33-14-4-5-18(27)15(10-14)21(30)26-13-2-1-3-13/h4-5,8-10,13,27H,1-3,6-7,11H2,(H,25,31)(H,26,30)(H,28,29). The van der Waals surface area contributed by atoms with Crippen molar-refractivity contribution < 1.29 is 34.1 Å². The molecule has 0 aliphatic heterocycles. The number of carbonyl (C=O) groups excluding carboxylic acids is 2. The predicted molar refractivity (Wildman–Crippen MR) is 120 cm³/mol. The summed E-state index contributed by atoms with van der Waals surface area (Å²) < 4.78 is 10.7. The molecule has 176 valence electrons. The normalized spacial score (nSPS) is 13.0. The molecule has 11 heteroatoms. The van der Waals surface area contributed by atoms with Crippen LogP contribution in [0.5, 0.6) is 17.2 Å². The zero-order valence-corrected chi connectivity index (χ0v) is 18.9. The number of hydrogen-bond donors (Lipinski definition) is 4. The highest BCUT2D eigenvalue weighted by Crippen LogP contribution is 2.38. The molecule has 33 heavy (non-hydrogen) atoms. The van der Waals surface area contributed by atoms with E-state index >= 15 is 0 Å². The molecule has 1 aliphatic rings. The molecule has 1 aliphatic carbocycles. The number of carbonyl (C=O) groups is 3. The SMILES string of the molecule is O=C(O)CNC(=O)OCCc1cc(Cl)c(Oc2ccc(O)c(C(=O)NC3CCC3)c2)c(Cl)c1. The van der Waals surface area contributed by atoms with Gasteiger partial charge in [-0.15, -0.1) is 0 Å². The number of rotatable bonds is 9. The fourth-order valence-electron chi connectivity index (χ4n) is 3.01. The van der Waals surface area contributed by atoms with Gasteiger partial charge in [-0.3, -0.25) is 9.59 Å². The first-order valence-corrected chi connectivity index (χ1v) is 10.9. The van der Waals surface area contributed by atoms with Gasteiger partial charge < -0.3 is 30.3 Å². The van der Waals surface area contributed by atoms with Gasteiger partial charge in [-0.1, -0.05) is 23.2 Å². The first-order chi connectivity index (χ1) is 15.7. The molecule has 0 heterocycles. The Kier molecular flexibility index (Phi) is 8.24. The number of phenolic OH excluding ortho intramolecular Hbond substituents is 1. The van der Waals surface area contributed by atoms with Crippen LogP contribution in [0.1, 0.15) is 35.2 Å². The summed E-state index contributed by atoms with van der Waals surface area (Å²) in [5, 5.41) is 23.9. The Balaban J connectivity index is 1.63. The van der Waals surface area contributed by atoms with Crippen molar-refractivity contribution in [3.63, 3.8) is 0 Å². The van der Waals surface area contributed by atoms with Crippen molar-refractivity contribution >= 4 is 41.2 Å². The van der Waals surface area contributed by atoms with Gasteiger partial charge in [-0.2, -0.15) is 0 Å². The molecular formula is C22H22Cl2N2O7. The number of phenols is 1. The van der Waals surface area contributed by atoms with Crippen LogP contribution in [0.15, 0.2) is 30.3 Å². The van der Waals surface area contributed by atoms with E-state index in [0.29, 0.717) is 5.56 Å². The minimum absolute atomic E-state index is 0.0181. The smallest absolute Gasteiger partial charge is 0.407 e. The maximum absolute atomic E-state index is 12.4. The van der Waals surface area contributed by atoms with Crippen LogP contribution >= 0.6 is 23.2 Å². The number of halogens is 2. The number of carboxylic acids is 1. The largest absolute Gasteiger partial charge is 0.507 e. The molecule has 2 amide bonds. The van der Waals surface area contributed by atoms with Crippen molar-refractivity contribution in [2.75, 3.05) is 13.2 Å². The number of aromatic hydroxyl groups is 1. The second-order valence-electron chi connectivity index (χ2n) is 7.40. The predicted octanol–water partition coefficient (Wildman–Crippen LogP) is 4.13. The molecule has 9 nitrogen and oxygen atoms in total. The molecule has 4 N–H and O–H groups in total. The first kappa shape index (κ1) is 24.5. The average Bonchev–Trinajstić information content (AvgIpc) is 2.72. The highest BCUT2D eigenvalue weighted by molar-refractivity contribution is 6.37. The second-order valence-corrected chi connectivity index (χ2v) is 8.22. The summed E-state index contributed by atoms with van der Waals surface area (Å²) >= 11 is 12.6. The summed E-state index contributed by atoms with van der Waals surface area (Å²) in [4.78, 5) is 34.2. The number of ether oxygens (including phenoxy) is 2. The van der Waals surface area contributed by atoms with Crippen molar-refractivity contribution in [2.24, 2.45) is 0 Å². The molecule has 2 aromatic rings. The minimum Gasteiger partial charge on any atom is -0.507 e. The number of hydrogen-bond acceptors (Lipinski definition) is 6. The molecule has 0 radical (unpaired) electrons. The highest BCUT2D eigenvalue weighted by Gasteiger charge is 2.22. The Morgan fingerprint density at radius 3 is 2.39 bits per heavy atom. The van der Waals surface area contributed by atoms with Gasteiger partial charge in [0.1, 0.15) is 18.0 Å². The third-order valence-electron chi connectivity index (χ3n) is 4.94. The van der Waals surface area contributed by atoms with Crippen molar-refractivity contribution in [1.82, 2.24) is 10.6 Å². The molecule has 0 bridgehead atoms. The quantitative estimate of drug-likeness (QED) is 0.409. The van der Waals surface area contributed by atoms with E-state index in [4.69, 9.17) is 37.8 Å². The summed E-state index contributed by atoms with van der Waals surface area (Å²) in [6.07, 6.45) is 2.33. The summed E-state index contributed by atoms with van der Waals surface area (Å²) in [5.74, 6) is -1.30. The van der Waals surface area contributed by atoms with Crippen LogP contribution in [0, 0.1) is 0 Å². The summed E-state index contributed by atoms with van der Waals surface area (Å²) in [7, 11) is 0. The lowest BCUT2D eigenvalue weighted by Crippen LogP contribution is -2.39. The van der Waals surface area contributed by atoms with E-state index < -0.39 is 18.6 Å². The maximum atomic E-state index is 12.4. The molecule has 0 atom stereocenters. The maximum Gasteiger partial charge on any atom is 0.407 e. The Bertz CT molecular complexity index is 1030. The van der Waals surface area contributed by atoms with Crippen LogP contribution in [0.3, 0.4) is 0 Å². The second kappa shape index (κ2) is 11.1. The lowest BCUT2D eigenvalue weighted by molar-refractivity contribution is -0.135. The molecule has 0 aromatic heterocycles. The van der Waals surface area contributed by atoms with E-state index in [2.05, 4.69) is 10.6 Å².